The highest BCUT2D eigenvalue weighted by molar-refractivity contribution is 9.09. The summed E-state index contributed by atoms with van der Waals surface area (Å²) in [4.78, 5) is 4.84. The Morgan fingerprint density at radius 1 is 1.11 bits per heavy atom. The highest BCUT2D eigenvalue weighted by Gasteiger charge is 2.13. The third kappa shape index (κ3) is 2.71. The summed E-state index contributed by atoms with van der Waals surface area (Å²) in [7, 11) is 0. The molecule has 3 heteroatoms. The van der Waals surface area contributed by atoms with Crippen molar-refractivity contribution in [1.29, 1.82) is 0 Å². The van der Waals surface area contributed by atoms with E-state index < -0.39 is 0 Å². The van der Waals surface area contributed by atoms with Gasteiger partial charge in [-0.05, 0) is 31.2 Å². The minimum Gasteiger partial charge on any atom is -0.465 e. The van der Waals surface area contributed by atoms with E-state index in [4.69, 9.17) is 4.42 Å². The zero-order chi connectivity index (χ0) is 13.2. The molecule has 1 atom stereocenters. The molecular weight excluding hydrogens is 302 g/mol. The van der Waals surface area contributed by atoms with Gasteiger partial charge in [-0.15, -0.1) is 0 Å². The van der Waals surface area contributed by atoms with Crippen LogP contribution in [-0.4, -0.2) is 4.98 Å². The van der Waals surface area contributed by atoms with Crippen LogP contribution < -0.4 is 0 Å². The highest BCUT2D eigenvalue weighted by atomic mass is 79.9. The van der Waals surface area contributed by atoms with Crippen LogP contribution in [0.15, 0.2) is 52.9 Å². The Bertz CT molecular complexity index is 705. The van der Waals surface area contributed by atoms with Gasteiger partial charge in [-0.25, -0.2) is 0 Å². The zero-order valence-electron chi connectivity index (χ0n) is 10.6. The fraction of sp³-hybridized carbons (Fsp3) is 0.188. The molecule has 0 amide bonds. The third-order valence-electron chi connectivity index (χ3n) is 3.11. The predicted molar refractivity (Wildman–Crippen MR) is 80.6 cm³/mol. The van der Waals surface area contributed by atoms with Crippen LogP contribution >= 0.6 is 15.9 Å². The smallest absolute Gasteiger partial charge is 0.118 e. The standard InChI is InChI=1S/C16H14BrNO/c1-11-6-9-16(19-11)14(17)10-13-8-7-12-4-2-3-5-15(12)18-13/h2-9,14H,10H2,1H3. The predicted octanol–water partition coefficient (Wildman–Crippen LogP) is 4.81. The Morgan fingerprint density at radius 2 is 1.95 bits per heavy atom. The van der Waals surface area contributed by atoms with Crippen LogP contribution in [0.2, 0.25) is 0 Å². The van der Waals surface area contributed by atoms with Crippen molar-refractivity contribution in [2.75, 3.05) is 0 Å². The maximum atomic E-state index is 5.63. The van der Waals surface area contributed by atoms with E-state index in [-0.39, 0.29) is 4.83 Å². The van der Waals surface area contributed by atoms with Crippen molar-refractivity contribution in [1.82, 2.24) is 4.98 Å². The Balaban J connectivity index is 1.84. The molecular formula is C16H14BrNO. The molecule has 19 heavy (non-hydrogen) atoms. The van der Waals surface area contributed by atoms with Gasteiger partial charge >= 0.3 is 0 Å². The second-order valence-electron chi connectivity index (χ2n) is 4.62. The highest BCUT2D eigenvalue weighted by Crippen LogP contribution is 2.28. The number of para-hydroxylation sites is 1. The Labute approximate surface area is 120 Å². The zero-order valence-corrected chi connectivity index (χ0v) is 12.2. The van der Waals surface area contributed by atoms with Crippen LogP contribution in [0, 0.1) is 6.92 Å². The number of fused-ring (bicyclic) bond motifs is 1. The molecule has 0 aliphatic carbocycles. The maximum absolute atomic E-state index is 5.63. The summed E-state index contributed by atoms with van der Waals surface area (Å²) in [5.74, 6) is 1.89. The number of aromatic nitrogens is 1. The first-order chi connectivity index (χ1) is 9.22. The van der Waals surface area contributed by atoms with Crippen molar-refractivity contribution < 1.29 is 4.42 Å². The fourth-order valence-corrected chi connectivity index (χ4v) is 2.71. The van der Waals surface area contributed by atoms with E-state index in [1.807, 2.05) is 37.3 Å². The number of benzene rings is 1. The number of aryl methyl sites for hydroxylation is 1. The van der Waals surface area contributed by atoms with E-state index in [0.717, 1.165) is 29.2 Å². The van der Waals surface area contributed by atoms with E-state index in [0.29, 0.717) is 0 Å². The number of furan rings is 1. The number of alkyl halides is 1. The Kier molecular flexibility index (Phi) is 3.38. The van der Waals surface area contributed by atoms with Crippen molar-refractivity contribution in [2.45, 2.75) is 18.2 Å². The van der Waals surface area contributed by atoms with Crippen LogP contribution in [0.4, 0.5) is 0 Å². The van der Waals surface area contributed by atoms with Crippen molar-refractivity contribution in [3.05, 3.63) is 65.7 Å². The van der Waals surface area contributed by atoms with Gasteiger partial charge in [-0.2, -0.15) is 0 Å². The molecule has 0 aliphatic heterocycles. The van der Waals surface area contributed by atoms with Crippen LogP contribution in [-0.2, 0) is 6.42 Å². The minimum absolute atomic E-state index is 0.162. The first-order valence-electron chi connectivity index (χ1n) is 6.27. The van der Waals surface area contributed by atoms with Crippen molar-refractivity contribution in [3.63, 3.8) is 0 Å². The number of nitrogens with zero attached hydrogens (tertiary/aromatic N) is 1. The van der Waals surface area contributed by atoms with Gasteiger partial charge < -0.3 is 4.42 Å². The number of hydrogen-bond donors (Lipinski definition) is 0. The average Bonchev–Trinajstić information content (AvgIpc) is 2.85. The molecule has 0 saturated heterocycles. The van der Waals surface area contributed by atoms with Gasteiger partial charge in [0.15, 0.2) is 0 Å². The number of pyridine rings is 1. The van der Waals surface area contributed by atoms with Gasteiger partial charge in [-0.1, -0.05) is 40.2 Å². The van der Waals surface area contributed by atoms with Crippen LogP contribution in [0.25, 0.3) is 10.9 Å². The molecule has 3 aromatic rings. The van der Waals surface area contributed by atoms with E-state index in [1.54, 1.807) is 0 Å². The van der Waals surface area contributed by atoms with Gasteiger partial charge in [-0.3, -0.25) is 4.98 Å². The SMILES string of the molecule is Cc1ccc(C(Br)Cc2ccc3ccccc3n2)o1. The summed E-state index contributed by atoms with van der Waals surface area (Å²) in [5.41, 5.74) is 2.10. The summed E-state index contributed by atoms with van der Waals surface area (Å²) < 4.78 is 5.63. The summed E-state index contributed by atoms with van der Waals surface area (Å²) in [6, 6.07) is 16.3. The summed E-state index contributed by atoms with van der Waals surface area (Å²) in [6.07, 6.45) is 0.817. The van der Waals surface area contributed by atoms with Crippen LogP contribution in [0.5, 0.6) is 0 Å². The molecule has 0 bridgehead atoms. The quantitative estimate of drug-likeness (QED) is 0.648. The molecule has 0 N–H and O–H groups in total. The van der Waals surface area contributed by atoms with Crippen molar-refractivity contribution in [2.24, 2.45) is 0 Å². The molecule has 2 heterocycles. The van der Waals surface area contributed by atoms with Gasteiger partial charge in [0.2, 0.25) is 0 Å². The summed E-state index contributed by atoms with van der Waals surface area (Å²) in [6.45, 7) is 1.96. The molecule has 0 spiro atoms. The lowest BCUT2D eigenvalue weighted by Gasteiger charge is -2.07. The lowest BCUT2D eigenvalue weighted by Crippen LogP contribution is -1.97. The van der Waals surface area contributed by atoms with Crippen molar-refractivity contribution >= 4 is 26.8 Å². The molecule has 2 nitrogen and oxygen atoms in total. The molecule has 1 aromatic carbocycles. The van der Waals surface area contributed by atoms with Gasteiger partial charge in [0.25, 0.3) is 0 Å². The largest absolute Gasteiger partial charge is 0.465 e. The minimum atomic E-state index is 0.162. The fourth-order valence-electron chi connectivity index (χ4n) is 2.13. The molecule has 0 radical (unpaired) electrons. The molecule has 96 valence electrons. The summed E-state index contributed by atoms with van der Waals surface area (Å²) in [5, 5.41) is 1.17. The molecule has 0 saturated carbocycles. The van der Waals surface area contributed by atoms with E-state index in [2.05, 4.69) is 39.1 Å². The van der Waals surface area contributed by atoms with Gasteiger partial charge in [0.1, 0.15) is 11.5 Å². The monoisotopic (exact) mass is 315 g/mol. The van der Waals surface area contributed by atoms with E-state index in [1.165, 1.54) is 5.39 Å². The second-order valence-corrected chi connectivity index (χ2v) is 5.72. The third-order valence-corrected chi connectivity index (χ3v) is 3.89. The van der Waals surface area contributed by atoms with E-state index in [9.17, 15) is 0 Å². The molecule has 1 unspecified atom stereocenters. The first kappa shape index (κ1) is 12.4. The van der Waals surface area contributed by atoms with Gasteiger partial charge in [0, 0.05) is 17.5 Å². The number of halogens is 1. The van der Waals surface area contributed by atoms with Crippen LogP contribution in [0.3, 0.4) is 0 Å². The molecule has 2 aromatic heterocycles. The Hall–Kier alpha value is -1.61. The normalized spacial score (nSPS) is 12.7. The van der Waals surface area contributed by atoms with E-state index >= 15 is 0 Å². The Morgan fingerprint density at radius 3 is 2.74 bits per heavy atom. The summed E-state index contributed by atoms with van der Waals surface area (Å²) >= 11 is 3.67. The number of hydrogen-bond acceptors (Lipinski definition) is 2. The number of rotatable bonds is 3. The van der Waals surface area contributed by atoms with Gasteiger partial charge in [0.05, 0.1) is 10.3 Å². The topological polar surface area (TPSA) is 26.0 Å². The van der Waals surface area contributed by atoms with Crippen molar-refractivity contribution in [3.8, 4) is 0 Å². The van der Waals surface area contributed by atoms with Crippen LogP contribution in [0.1, 0.15) is 22.0 Å². The lowest BCUT2D eigenvalue weighted by molar-refractivity contribution is 0.480. The second kappa shape index (κ2) is 5.17. The average molecular weight is 316 g/mol. The molecule has 3 rings (SSSR count). The molecule has 0 aliphatic rings. The maximum Gasteiger partial charge on any atom is 0.118 e. The first-order valence-corrected chi connectivity index (χ1v) is 7.19. The lowest BCUT2D eigenvalue weighted by atomic mass is 10.1. The molecule has 0 fully saturated rings.